The number of methoxy groups -OCH3 is 1. The SMILES string of the molecule is COc1c(Cl)ccc2sc(N3CCN(C(=O)c4ccc(C)c(C)c4)CC3)nc12. The molecular weight excluding hydrogens is 394 g/mol. The summed E-state index contributed by atoms with van der Waals surface area (Å²) in [7, 11) is 1.61. The molecule has 2 aromatic carbocycles. The number of aryl methyl sites for hydroxylation is 2. The largest absolute Gasteiger partial charge is 0.493 e. The van der Waals surface area contributed by atoms with Gasteiger partial charge in [-0.1, -0.05) is 29.0 Å². The lowest BCUT2D eigenvalue weighted by molar-refractivity contribution is 0.0746. The van der Waals surface area contributed by atoms with E-state index in [9.17, 15) is 4.79 Å². The van der Waals surface area contributed by atoms with E-state index in [2.05, 4.69) is 11.8 Å². The maximum absolute atomic E-state index is 12.8. The Morgan fingerprint density at radius 1 is 1.11 bits per heavy atom. The molecule has 0 radical (unpaired) electrons. The normalized spacial score (nSPS) is 14.6. The Morgan fingerprint density at radius 3 is 2.54 bits per heavy atom. The van der Waals surface area contributed by atoms with Crippen molar-refractivity contribution < 1.29 is 9.53 Å². The summed E-state index contributed by atoms with van der Waals surface area (Å²) in [6.45, 7) is 6.97. The Morgan fingerprint density at radius 2 is 1.86 bits per heavy atom. The van der Waals surface area contributed by atoms with Gasteiger partial charge in [0.15, 0.2) is 10.9 Å². The van der Waals surface area contributed by atoms with E-state index in [1.807, 2.05) is 42.2 Å². The number of hydrogen-bond acceptors (Lipinski definition) is 5. The summed E-state index contributed by atoms with van der Waals surface area (Å²) < 4.78 is 6.46. The van der Waals surface area contributed by atoms with E-state index in [0.717, 1.165) is 39.6 Å². The first-order chi connectivity index (χ1) is 13.5. The van der Waals surface area contributed by atoms with Gasteiger partial charge in [-0.3, -0.25) is 4.79 Å². The first-order valence-electron chi connectivity index (χ1n) is 9.22. The van der Waals surface area contributed by atoms with E-state index >= 15 is 0 Å². The number of piperazine rings is 1. The Bertz CT molecular complexity index is 1040. The van der Waals surface area contributed by atoms with Gasteiger partial charge in [0.1, 0.15) is 5.52 Å². The maximum Gasteiger partial charge on any atom is 0.253 e. The van der Waals surface area contributed by atoms with Crippen molar-refractivity contribution in [1.29, 1.82) is 0 Å². The van der Waals surface area contributed by atoms with E-state index < -0.39 is 0 Å². The molecule has 0 spiro atoms. The van der Waals surface area contributed by atoms with Crippen LogP contribution in [0.25, 0.3) is 10.2 Å². The second-order valence-electron chi connectivity index (χ2n) is 7.00. The van der Waals surface area contributed by atoms with Gasteiger partial charge in [-0.15, -0.1) is 0 Å². The summed E-state index contributed by atoms with van der Waals surface area (Å²) in [5.74, 6) is 0.714. The van der Waals surface area contributed by atoms with Gasteiger partial charge in [0.05, 0.1) is 16.8 Å². The molecule has 1 aliphatic rings. The first kappa shape index (κ1) is 19.0. The molecule has 0 atom stereocenters. The summed E-state index contributed by atoms with van der Waals surface area (Å²) in [5, 5.41) is 1.50. The van der Waals surface area contributed by atoms with Crippen molar-refractivity contribution in [3.8, 4) is 5.75 Å². The molecule has 1 amide bonds. The number of halogens is 1. The molecule has 0 N–H and O–H groups in total. The van der Waals surface area contributed by atoms with Crippen molar-refractivity contribution in [3.63, 3.8) is 0 Å². The van der Waals surface area contributed by atoms with Crippen molar-refractivity contribution in [1.82, 2.24) is 9.88 Å². The zero-order chi connectivity index (χ0) is 19.8. The number of carbonyl (C=O) groups excluding carboxylic acids is 1. The number of ether oxygens (including phenoxy) is 1. The highest BCUT2D eigenvalue weighted by Gasteiger charge is 2.25. The number of benzene rings is 2. The number of fused-ring (bicyclic) bond motifs is 1. The predicted molar refractivity (Wildman–Crippen MR) is 115 cm³/mol. The fraction of sp³-hybridized carbons (Fsp3) is 0.333. The van der Waals surface area contributed by atoms with Crippen LogP contribution >= 0.6 is 22.9 Å². The third-order valence-electron chi connectivity index (χ3n) is 5.25. The minimum atomic E-state index is 0.0977. The third kappa shape index (κ3) is 3.42. The summed E-state index contributed by atoms with van der Waals surface area (Å²) in [5.41, 5.74) is 3.90. The Kier molecular flexibility index (Phi) is 5.17. The van der Waals surface area contributed by atoms with Crippen molar-refractivity contribution >= 4 is 44.2 Å². The number of nitrogens with zero attached hydrogens (tertiary/aromatic N) is 3. The maximum atomic E-state index is 12.8. The number of thiazole rings is 1. The van der Waals surface area contributed by atoms with Crippen LogP contribution in [-0.2, 0) is 0 Å². The summed E-state index contributed by atoms with van der Waals surface area (Å²) in [6, 6.07) is 9.72. The van der Waals surface area contributed by atoms with Crippen molar-refractivity contribution in [2.24, 2.45) is 0 Å². The van der Waals surface area contributed by atoms with Crippen LogP contribution in [-0.4, -0.2) is 49.1 Å². The van der Waals surface area contributed by atoms with Crippen LogP contribution in [0.5, 0.6) is 5.75 Å². The fourth-order valence-corrected chi connectivity index (χ4v) is 4.67. The van der Waals surface area contributed by atoms with Crippen LogP contribution in [0.4, 0.5) is 5.13 Å². The van der Waals surface area contributed by atoms with E-state index in [0.29, 0.717) is 23.9 Å². The molecule has 2 heterocycles. The van der Waals surface area contributed by atoms with Crippen LogP contribution in [0.2, 0.25) is 5.02 Å². The summed E-state index contributed by atoms with van der Waals surface area (Å²) in [4.78, 5) is 21.7. The molecule has 1 saturated heterocycles. The number of amides is 1. The van der Waals surface area contributed by atoms with E-state index in [1.54, 1.807) is 18.4 Å². The molecule has 7 heteroatoms. The second-order valence-corrected chi connectivity index (χ2v) is 8.42. The standard InChI is InChI=1S/C21H22ClN3O2S/c1-13-4-5-15(12-14(13)2)20(26)24-8-10-25(11-9-24)21-23-18-17(28-21)7-6-16(22)19(18)27-3/h4-7,12H,8-11H2,1-3H3. The minimum absolute atomic E-state index is 0.0977. The number of aromatic nitrogens is 1. The molecule has 0 aliphatic carbocycles. The number of anilines is 1. The highest BCUT2D eigenvalue weighted by atomic mass is 35.5. The molecule has 0 unspecified atom stereocenters. The van der Waals surface area contributed by atoms with Gasteiger partial charge in [0, 0.05) is 31.7 Å². The molecular formula is C21H22ClN3O2S. The Balaban J connectivity index is 1.49. The van der Waals surface area contributed by atoms with Crippen LogP contribution in [0, 0.1) is 13.8 Å². The predicted octanol–water partition coefficient (Wildman–Crippen LogP) is 4.54. The smallest absolute Gasteiger partial charge is 0.253 e. The average molecular weight is 416 g/mol. The molecule has 0 saturated carbocycles. The van der Waals surface area contributed by atoms with Gasteiger partial charge < -0.3 is 14.5 Å². The quantitative estimate of drug-likeness (QED) is 0.630. The highest BCUT2D eigenvalue weighted by molar-refractivity contribution is 7.22. The van der Waals surface area contributed by atoms with Gasteiger partial charge in [0.25, 0.3) is 5.91 Å². The van der Waals surface area contributed by atoms with Crippen LogP contribution < -0.4 is 9.64 Å². The number of carbonyl (C=O) groups is 1. The van der Waals surface area contributed by atoms with Gasteiger partial charge in [-0.05, 0) is 49.2 Å². The lowest BCUT2D eigenvalue weighted by atomic mass is 10.1. The molecule has 28 heavy (non-hydrogen) atoms. The van der Waals surface area contributed by atoms with Crippen LogP contribution in [0.3, 0.4) is 0 Å². The number of rotatable bonds is 3. The van der Waals surface area contributed by atoms with E-state index in [4.69, 9.17) is 21.3 Å². The monoisotopic (exact) mass is 415 g/mol. The second kappa shape index (κ2) is 7.60. The van der Waals surface area contributed by atoms with Crippen molar-refractivity contribution in [2.75, 3.05) is 38.2 Å². The van der Waals surface area contributed by atoms with Crippen molar-refractivity contribution in [3.05, 3.63) is 52.0 Å². The molecule has 146 valence electrons. The van der Waals surface area contributed by atoms with Crippen molar-refractivity contribution in [2.45, 2.75) is 13.8 Å². The van der Waals surface area contributed by atoms with Gasteiger partial charge in [-0.25, -0.2) is 4.98 Å². The van der Waals surface area contributed by atoms with Gasteiger partial charge >= 0.3 is 0 Å². The Labute approximate surface area is 173 Å². The first-order valence-corrected chi connectivity index (χ1v) is 10.4. The minimum Gasteiger partial charge on any atom is -0.493 e. The fourth-order valence-electron chi connectivity index (χ4n) is 3.42. The highest BCUT2D eigenvalue weighted by Crippen LogP contribution is 2.38. The lowest BCUT2D eigenvalue weighted by Crippen LogP contribution is -2.48. The van der Waals surface area contributed by atoms with E-state index in [1.165, 1.54) is 5.56 Å². The molecule has 1 aliphatic heterocycles. The lowest BCUT2D eigenvalue weighted by Gasteiger charge is -2.34. The van der Waals surface area contributed by atoms with E-state index in [-0.39, 0.29) is 5.91 Å². The molecule has 1 aromatic heterocycles. The van der Waals surface area contributed by atoms with Crippen LogP contribution in [0.1, 0.15) is 21.5 Å². The average Bonchev–Trinajstić information content (AvgIpc) is 3.14. The zero-order valence-electron chi connectivity index (χ0n) is 16.2. The summed E-state index contributed by atoms with van der Waals surface area (Å²) >= 11 is 7.84. The molecule has 0 bridgehead atoms. The number of hydrogen-bond donors (Lipinski definition) is 0. The molecule has 4 rings (SSSR count). The van der Waals surface area contributed by atoms with Crippen LogP contribution in [0.15, 0.2) is 30.3 Å². The third-order valence-corrected chi connectivity index (χ3v) is 6.63. The molecule has 5 nitrogen and oxygen atoms in total. The summed E-state index contributed by atoms with van der Waals surface area (Å²) in [6.07, 6.45) is 0. The van der Waals surface area contributed by atoms with Gasteiger partial charge in [-0.2, -0.15) is 0 Å². The Hall–Kier alpha value is -2.31. The zero-order valence-corrected chi connectivity index (χ0v) is 17.7. The molecule has 1 fully saturated rings. The molecule has 3 aromatic rings. The van der Waals surface area contributed by atoms with Gasteiger partial charge in [0.2, 0.25) is 0 Å². The topological polar surface area (TPSA) is 45.7 Å².